The number of aryl methyl sites for hydroxylation is 2. The summed E-state index contributed by atoms with van der Waals surface area (Å²) in [5.74, 6) is -0.664. The first kappa shape index (κ1) is 18.5. The first-order valence-corrected chi connectivity index (χ1v) is 7.86. The molecule has 0 saturated carbocycles. The zero-order valence-electron chi connectivity index (χ0n) is 14.1. The molecule has 0 heterocycles. The smallest absolute Gasteiger partial charge is 0.239 e. The molecule has 4 nitrogen and oxygen atoms in total. The highest BCUT2D eigenvalue weighted by Gasteiger charge is 2.37. The van der Waals surface area contributed by atoms with Crippen LogP contribution in [0.3, 0.4) is 0 Å². The van der Waals surface area contributed by atoms with Gasteiger partial charge >= 0.3 is 0 Å². The Hall–Kier alpha value is -1.55. The maximum atomic E-state index is 12.5. The molecule has 2 amide bonds. The van der Waals surface area contributed by atoms with Gasteiger partial charge in [-0.1, -0.05) is 24.6 Å². The quantitative estimate of drug-likeness (QED) is 0.808. The number of carbonyl (C=O) groups excluding carboxylic acids is 2. The van der Waals surface area contributed by atoms with Crippen molar-refractivity contribution in [1.82, 2.24) is 5.32 Å². The zero-order chi connectivity index (χ0) is 17.1. The first-order valence-electron chi connectivity index (χ1n) is 7.48. The minimum absolute atomic E-state index is 0.0317. The summed E-state index contributed by atoms with van der Waals surface area (Å²) in [7, 11) is 0. The molecular weight excluding hydrogens is 300 g/mol. The van der Waals surface area contributed by atoms with Gasteiger partial charge in [0.15, 0.2) is 0 Å². The van der Waals surface area contributed by atoms with Crippen LogP contribution in [0.2, 0.25) is 5.02 Å². The summed E-state index contributed by atoms with van der Waals surface area (Å²) in [6.45, 7) is 10.9. The number of hydrogen-bond donors (Lipinski definition) is 2. The van der Waals surface area contributed by atoms with Crippen LogP contribution in [-0.2, 0) is 9.59 Å². The van der Waals surface area contributed by atoms with Crippen LogP contribution in [0.25, 0.3) is 0 Å². The van der Waals surface area contributed by atoms with Crippen molar-refractivity contribution in [1.29, 1.82) is 0 Å². The minimum atomic E-state index is -1.18. The zero-order valence-corrected chi connectivity index (χ0v) is 14.9. The third-order valence-corrected chi connectivity index (χ3v) is 4.09. The molecule has 0 radical (unpaired) electrons. The topological polar surface area (TPSA) is 58.2 Å². The molecule has 1 atom stereocenters. The van der Waals surface area contributed by atoms with Gasteiger partial charge in [0.2, 0.25) is 11.8 Å². The molecule has 5 heteroatoms. The minimum Gasteiger partial charge on any atom is -0.353 e. The molecule has 0 aromatic heterocycles. The second kappa shape index (κ2) is 7.14. The summed E-state index contributed by atoms with van der Waals surface area (Å²) >= 11 is 6.20. The molecule has 122 valence electrons. The standard InChI is InChI=1S/C17H25ClN2O2/c1-7-12(4)19-15(21)17(5,6)16(22)20-14-11(3)8-10(2)9-13(14)18/h8-9,12H,7H2,1-6H3,(H,19,21)(H,20,22). The Kier molecular flexibility index (Phi) is 6.00. The van der Waals surface area contributed by atoms with Crippen LogP contribution in [0.15, 0.2) is 12.1 Å². The summed E-state index contributed by atoms with van der Waals surface area (Å²) in [5.41, 5.74) is 1.27. The molecule has 22 heavy (non-hydrogen) atoms. The number of rotatable bonds is 5. The van der Waals surface area contributed by atoms with Crippen LogP contribution in [0, 0.1) is 19.3 Å². The highest BCUT2D eigenvalue weighted by atomic mass is 35.5. The van der Waals surface area contributed by atoms with Gasteiger partial charge in [0, 0.05) is 6.04 Å². The molecule has 0 saturated heterocycles. The summed E-state index contributed by atoms with van der Waals surface area (Å²) in [5, 5.41) is 6.10. The molecule has 1 rings (SSSR count). The molecule has 0 aliphatic heterocycles. The Bertz CT molecular complexity index is 559. The van der Waals surface area contributed by atoms with Crippen molar-refractivity contribution < 1.29 is 9.59 Å². The van der Waals surface area contributed by atoms with E-state index in [9.17, 15) is 9.59 Å². The summed E-state index contributed by atoms with van der Waals surface area (Å²) in [6.07, 6.45) is 0.812. The highest BCUT2D eigenvalue weighted by Crippen LogP contribution is 2.29. The predicted octanol–water partition coefficient (Wildman–Crippen LogP) is 3.84. The number of anilines is 1. The van der Waals surface area contributed by atoms with E-state index in [1.165, 1.54) is 0 Å². The number of halogens is 1. The van der Waals surface area contributed by atoms with Crippen LogP contribution in [0.4, 0.5) is 5.69 Å². The van der Waals surface area contributed by atoms with Gasteiger partial charge in [-0.3, -0.25) is 9.59 Å². The van der Waals surface area contributed by atoms with E-state index in [1.54, 1.807) is 19.9 Å². The Morgan fingerprint density at radius 1 is 1.23 bits per heavy atom. The number of carbonyl (C=O) groups is 2. The van der Waals surface area contributed by atoms with E-state index in [0.29, 0.717) is 10.7 Å². The number of amides is 2. The van der Waals surface area contributed by atoms with Crippen LogP contribution in [-0.4, -0.2) is 17.9 Å². The molecule has 1 unspecified atom stereocenters. The molecule has 1 aromatic carbocycles. The van der Waals surface area contributed by atoms with Crippen LogP contribution in [0.1, 0.15) is 45.2 Å². The Morgan fingerprint density at radius 2 is 1.82 bits per heavy atom. The van der Waals surface area contributed by atoms with Gasteiger partial charge in [0.25, 0.3) is 0 Å². The summed E-state index contributed by atoms with van der Waals surface area (Å²) < 4.78 is 0. The van der Waals surface area contributed by atoms with Crippen molar-refractivity contribution in [3.63, 3.8) is 0 Å². The fourth-order valence-electron chi connectivity index (χ4n) is 1.95. The van der Waals surface area contributed by atoms with Crippen LogP contribution >= 0.6 is 11.6 Å². The van der Waals surface area contributed by atoms with Crippen LogP contribution < -0.4 is 10.6 Å². The van der Waals surface area contributed by atoms with Gasteiger partial charge in [0.1, 0.15) is 5.41 Å². The lowest BCUT2D eigenvalue weighted by Gasteiger charge is -2.25. The SMILES string of the molecule is CCC(C)NC(=O)C(C)(C)C(=O)Nc1c(C)cc(C)cc1Cl. The first-order chi connectivity index (χ1) is 10.1. The number of nitrogens with one attached hydrogen (secondary N) is 2. The molecule has 0 spiro atoms. The van der Waals surface area contributed by atoms with E-state index in [2.05, 4.69) is 10.6 Å². The Labute approximate surface area is 137 Å². The second-order valence-corrected chi connectivity index (χ2v) is 6.71. The monoisotopic (exact) mass is 324 g/mol. The molecule has 0 bridgehead atoms. The molecular formula is C17H25ClN2O2. The third kappa shape index (κ3) is 4.23. The van der Waals surface area contributed by atoms with Crippen molar-refractivity contribution in [2.45, 2.75) is 54.0 Å². The maximum Gasteiger partial charge on any atom is 0.239 e. The molecule has 2 N–H and O–H groups in total. The van der Waals surface area contributed by atoms with Crippen molar-refractivity contribution in [3.8, 4) is 0 Å². The Balaban J connectivity index is 2.94. The maximum absolute atomic E-state index is 12.5. The van der Waals surface area contributed by atoms with E-state index in [4.69, 9.17) is 11.6 Å². The van der Waals surface area contributed by atoms with Gasteiger partial charge in [0.05, 0.1) is 10.7 Å². The van der Waals surface area contributed by atoms with Gasteiger partial charge < -0.3 is 10.6 Å². The average Bonchev–Trinajstić information content (AvgIpc) is 2.41. The van der Waals surface area contributed by atoms with Gasteiger partial charge in [-0.25, -0.2) is 0 Å². The van der Waals surface area contributed by atoms with Gasteiger partial charge in [-0.15, -0.1) is 0 Å². The lowest BCUT2D eigenvalue weighted by atomic mass is 9.90. The van der Waals surface area contributed by atoms with E-state index < -0.39 is 5.41 Å². The largest absolute Gasteiger partial charge is 0.353 e. The van der Waals surface area contributed by atoms with Crippen molar-refractivity contribution >= 4 is 29.1 Å². The second-order valence-electron chi connectivity index (χ2n) is 6.30. The third-order valence-electron chi connectivity index (χ3n) is 3.80. The van der Waals surface area contributed by atoms with E-state index >= 15 is 0 Å². The average molecular weight is 325 g/mol. The number of benzene rings is 1. The molecule has 0 aliphatic rings. The molecule has 0 aliphatic carbocycles. The number of hydrogen-bond acceptors (Lipinski definition) is 2. The highest BCUT2D eigenvalue weighted by molar-refractivity contribution is 6.34. The summed E-state index contributed by atoms with van der Waals surface area (Å²) in [4.78, 5) is 24.8. The predicted molar refractivity (Wildman–Crippen MR) is 91.2 cm³/mol. The molecule has 0 fully saturated rings. The molecule has 1 aromatic rings. The fourth-order valence-corrected chi connectivity index (χ4v) is 2.32. The Morgan fingerprint density at radius 3 is 2.32 bits per heavy atom. The van der Waals surface area contributed by atoms with E-state index in [1.807, 2.05) is 33.8 Å². The van der Waals surface area contributed by atoms with Gasteiger partial charge in [-0.2, -0.15) is 0 Å². The fraction of sp³-hybridized carbons (Fsp3) is 0.529. The van der Waals surface area contributed by atoms with E-state index in [-0.39, 0.29) is 17.9 Å². The van der Waals surface area contributed by atoms with Crippen molar-refractivity contribution in [2.24, 2.45) is 5.41 Å². The lowest BCUT2D eigenvalue weighted by molar-refractivity contribution is -0.138. The lowest BCUT2D eigenvalue weighted by Crippen LogP contribution is -2.47. The van der Waals surface area contributed by atoms with Crippen LogP contribution in [0.5, 0.6) is 0 Å². The normalized spacial score (nSPS) is 12.7. The summed E-state index contributed by atoms with van der Waals surface area (Å²) in [6, 6.07) is 3.76. The van der Waals surface area contributed by atoms with Crippen molar-refractivity contribution in [3.05, 3.63) is 28.3 Å². The van der Waals surface area contributed by atoms with Gasteiger partial charge in [-0.05, 0) is 58.2 Å². The van der Waals surface area contributed by atoms with Crippen molar-refractivity contribution in [2.75, 3.05) is 5.32 Å². The van der Waals surface area contributed by atoms with E-state index in [0.717, 1.165) is 17.5 Å².